The van der Waals surface area contributed by atoms with Crippen LogP contribution in [0.2, 0.25) is 0 Å². The number of nitro benzene ring substituents is 1. The van der Waals surface area contributed by atoms with Gasteiger partial charge in [0.2, 0.25) is 0 Å². The van der Waals surface area contributed by atoms with Gasteiger partial charge in [0.15, 0.2) is 0 Å². The molecule has 0 unspecified atom stereocenters. The van der Waals surface area contributed by atoms with Crippen LogP contribution in [0.5, 0.6) is 0 Å². The standard InChI is InChI=1S/C16H14N2O3/c19-16(13-8-7-11-3-1-4-12(11)9-13)17-14-5-2-6-15(10-14)18(20)21/h2,5-10H,1,3-4H2,(H,17,19). The fourth-order valence-electron chi connectivity index (χ4n) is 2.61. The highest BCUT2D eigenvalue weighted by Gasteiger charge is 2.14. The lowest BCUT2D eigenvalue weighted by Crippen LogP contribution is -2.12. The third kappa shape index (κ3) is 2.76. The molecule has 1 amide bonds. The third-order valence-electron chi connectivity index (χ3n) is 3.68. The van der Waals surface area contributed by atoms with Gasteiger partial charge in [0.25, 0.3) is 11.6 Å². The molecule has 5 nitrogen and oxygen atoms in total. The van der Waals surface area contributed by atoms with Crippen molar-refractivity contribution in [3.63, 3.8) is 0 Å². The van der Waals surface area contributed by atoms with E-state index in [0.29, 0.717) is 11.3 Å². The molecule has 2 aromatic carbocycles. The van der Waals surface area contributed by atoms with Crippen LogP contribution in [0.4, 0.5) is 11.4 Å². The van der Waals surface area contributed by atoms with Crippen LogP contribution in [-0.4, -0.2) is 10.8 Å². The van der Waals surface area contributed by atoms with E-state index in [9.17, 15) is 14.9 Å². The van der Waals surface area contributed by atoms with Crippen LogP contribution in [0.25, 0.3) is 0 Å². The Morgan fingerprint density at radius 2 is 1.90 bits per heavy atom. The van der Waals surface area contributed by atoms with Crippen LogP contribution >= 0.6 is 0 Å². The monoisotopic (exact) mass is 282 g/mol. The first-order chi connectivity index (χ1) is 10.1. The summed E-state index contributed by atoms with van der Waals surface area (Å²) in [5.41, 5.74) is 3.50. The molecule has 106 valence electrons. The Hall–Kier alpha value is -2.69. The number of aryl methyl sites for hydroxylation is 2. The van der Waals surface area contributed by atoms with E-state index in [0.717, 1.165) is 19.3 Å². The van der Waals surface area contributed by atoms with Crippen molar-refractivity contribution in [1.82, 2.24) is 0 Å². The van der Waals surface area contributed by atoms with Crippen molar-refractivity contribution >= 4 is 17.3 Å². The zero-order valence-electron chi connectivity index (χ0n) is 11.3. The lowest BCUT2D eigenvalue weighted by Gasteiger charge is -2.07. The van der Waals surface area contributed by atoms with E-state index in [-0.39, 0.29) is 11.6 Å². The summed E-state index contributed by atoms with van der Waals surface area (Å²) in [7, 11) is 0. The summed E-state index contributed by atoms with van der Waals surface area (Å²) in [5.74, 6) is -0.245. The number of hydrogen-bond acceptors (Lipinski definition) is 3. The van der Waals surface area contributed by atoms with E-state index in [2.05, 4.69) is 5.32 Å². The quantitative estimate of drug-likeness (QED) is 0.693. The Bertz CT molecular complexity index is 725. The number of anilines is 1. The summed E-state index contributed by atoms with van der Waals surface area (Å²) in [6.07, 6.45) is 3.21. The summed E-state index contributed by atoms with van der Waals surface area (Å²) in [6.45, 7) is 0. The third-order valence-corrected chi connectivity index (χ3v) is 3.68. The first kappa shape index (κ1) is 13.3. The van der Waals surface area contributed by atoms with Crippen LogP contribution in [0.1, 0.15) is 27.9 Å². The molecule has 0 bridgehead atoms. The molecular formula is C16H14N2O3. The fourth-order valence-corrected chi connectivity index (χ4v) is 2.61. The van der Waals surface area contributed by atoms with Crippen molar-refractivity contribution < 1.29 is 9.72 Å². The smallest absolute Gasteiger partial charge is 0.271 e. The summed E-state index contributed by atoms with van der Waals surface area (Å²) >= 11 is 0. The van der Waals surface area contributed by atoms with Gasteiger partial charge in [-0.2, -0.15) is 0 Å². The zero-order chi connectivity index (χ0) is 14.8. The number of non-ortho nitro benzene ring substituents is 1. The number of carbonyl (C=O) groups is 1. The van der Waals surface area contributed by atoms with Crippen LogP contribution in [0, 0.1) is 10.1 Å². The van der Waals surface area contributed by atoms with Gasteiger partial charge in [-0.05, 0) is 48.6 Å². The van der Waals surface area contributed by atoms with E-state index in [1.165, 1.54) is 23.3 Å². The van der Waals surface area contributed by atoms with Crippen LogP contribution < -0.4 is 5.32 Å². The number of nitro groups is 1. The topological polar surface area (TPSA) is 72.2 Å². The number of carbonyl (C=O) groups excluding carboxylic acids is 1. The Morgan fingerprint density at radius 1 is 1.10 bits per heavy atom. The van der Waals surface area contributed by atoms with E-state index < -0.39 is 4.92 Å². The number of amides is 1. The molecule has 0 spiro atoms. The second-order valence-corrected chi connectivity index (χ2v) is 5.10. The molecule has 0 fully saturated rings. The SMILES string of the molecule is O=C(Nc1cccc([N+](=O)[O-])c1)c1ccc2c(c1)CCC2. The molecule has 0 aromatic heterocycles. The largest absolute Gasteiger partial charge is 0.322 e. The van der Waals surface area contributed by atoms with Crippen molar-refractivity contribution in [2.45, 2.75) is 19.3 Å². The van der Waals surface area contributed by atoms with Gasteiger partial charge in [0, 0.05) is 23.4 Å². The molecule has 3 rings (SSSR count). The van der Waals surface area contributed by atoms with Gasteiger partial charge in [-0.3, -0.25) is 14.9 Å². The molecule has 0 saturated carbocycles. The minimum Gasteiger partial charge on any atom is -0.322 e. The van der Waals surface area contributed by atoms with Crippen molar-refractivity contribution in [3.8, 4) is 0 Å². The summed E-state index contributed by atoms with van der Waals surface area (Å²) in [5, 5.41) is 13.4. The first-order valence-corrected chi connectivity index (χ1v) is 6.81. The molecule has 0 atom stereocenters. The van der Waals surface area contributed by atoms with Crippen LogP contribution in [0.3, 0.4) is 0 Å². The highest BCUT2D eigenvalue weighted by Crippen LogP contribution is 2.23. The number of fused-ring (bicyclic) bond motifs is 1. The number of nitrogens with one attached hydrogen (secondary N) is 1. The van der Waals surface area contributed by atoms with Gasteiger partial charge >= 0.3 is 0 Å². The normalized spacial score (nSPS) is 12.8. The molecule has 0 heterocycles. The number of nitrogens with zero attached hydrogens (tertiary/aromatic N) is 1. The number of hydrogen-bond donors (Lipinski definition) is 1. The predicted octanol–water partition coefficient (Wildman–Crippen LogP) is 3.34. The maximum absolute atomic E-state index is 12.2. The van der Waals surface area contributed by atoms with Crippen molar-refractivity contribution in [2.75, 3.05) is 5.32 Å². The summed E-state index contributed by atoms with van der Waals surface area (Å²) in [6, 6.07) is 11.6. The Kier molecular flexibility index (Phi) is 3.39. The minimum absolute atomic E-state index is 0.0400. The predicted molar refractivity (Wildman–Crippen MR) is 79.5 cm³/mol. The summed E-state index contributed by atoms with van der Waals surface area (Å²) < 4.78 is 0. The van der Waals surface area contributed by atoms with Gasteiger partial charge in [-0.1, -0.05) is 12.1 Å². The fraction of sp³-hybridized carbons (Fsp3) is 0.188. The van der Waals surface area contributed by atoms with Gasteiger partial charge in [0.1, 0.15) is 0 Å². The minimum atomic E-state index is -0.481. The zero-order valence-corrected chi connectivity index (χ0v) is 11.3. The highest BCUT2D eigenvalue weighted by molar-refractivity contribution is 6.04. The average Bonchev–Trinajstić information content (AvgIpc) is 2.94. The number of benzene rings is 2. The Balaban J connectivity index is 1.80. The van der Waals surface area contributed by atoms with Gasteiger partial charge in [0.05, 0.1) is 4.92 Å². The molecule has 1 N–H and O–H groups in total. The second-order valence-electron chi connectivity index (χ2n) is 5.10. The van der Waals surface area contributed by atoms with Crippen LogP contribution in [-0.2, 0) is 12.8 Å². The van der Waals surface area contributed by atoms with E-state index in [1.807, 2.05) is 12.1 Å². The molecule has 0 radical (unpaired) electrons. The van der Waals surface area contributed by atoms with Crippen molar-refractivity contribution in [3.05, 3.63) is 69.3 Å². The van der Waals surface area contributed by atoms with E-state index >= 15 is 0 Å². The Labute approximate surface area is 121 Å². The summed E-state index contributed by atoms with van der Waals surface area (Å²) in [4.78, 5) is 22.5. The molecule has 21 heavy (non-hydrogen) atoms. The highest BCUT2D eigenvalue weighted by atomic mass is 16.6. The van der Waals surface area contributed by atoms with Gasteiger partial charge in [-0.25, -0.2) is 0 Å². The van der Waals surface area contributed by atoms with E-state index in [4.69, 9.17) is 0 Å². The van der Waals surface area contributed by atoms with Gasteiger partial charge in [-0.15, -0.1) is 0 Å². The van der Waals surface area contributed by atoms with Crippen LogP contribution in [0.15, 0.2) is 42.5 Å². The average molecular weight is 282 g/mol. The molecular weight excluding hydrogens is 268 g/mol. The molecule has 0 aliphatic heterocycles. The lowest BCUT2D eigenvalue weighted by atomic mass is 10.1. The van der Waals surface area contributed by atoms with Gasteiger partial charge < -0.3 is 5.32 Å². The second kappa shape index (κ2) is 5.36. The molecule has 2 aromatic rings. The number of rotatable bonds is 3. The molecule has 1 aliphatic rings. The lowest BCUT2D eigenvalue weighted by molar-refractivity contribution is -0.384. The Morgan fingerprint density at radius 3 is 2.71 bits per heavy atom. The molecule has 5 heteroatoms. The first-order valence-electron chi connectivity index (χ1n) is 6.81. The maximum Gasteiger partial charge on any atom is 0.271 e. The van der Waals surface area contributed by atoms with Crippen molar-refractivity contribution in [2.24, 2.45) is 0 Å². The molecule has 1 aliphatic carbocycles. The van der Waals surface area contributed by atoms with E-state index in [1.54, 1.807) is 18.2 Å². The van der Waals surface area contributed by atoms with Crippen molar-refractivity contribution in [1.29, 1.82) is 0 Å². The molecule has 0 saturated heterocycles. The maximum atomic E-state index is 12.2.